The van der Waals surface area contributed by atoms with Crippen molar-refractivity contribution in [3.8, 4) is 0 Å². The molecular formula is C45H74O11. The Kier molecular flexibility index (Phi) is 17.7. The third-order valence-electron chi connectivity index (χ3n) is 13.4. The van der Waals surface area contributed by atoms with Crippen molar-refractivity contribution in [2.45, 2.75) is 175 Å². The SMILES string of the molecule is CC[C@H]1/C=C\C=C/C[C@H](C)[C@H](O)[C@@](C)(O)C(=O)[C@H](C)[C@H](O)[C@H](C)C(=O)[C@@H](C)[C@@H](O)[C@H](C)/C=C\C(=O)O[C@H]2[C@H](C)[C@@H](CC1)O[C@@]1(CC[C@H](C)[C@@H](C[C@@H](C)O)O1)[C@@H]2C. The molecule has 0 amide bonds. The summed E-state index contributed by atoms with van der Waals surface area (Å²) in [5.74, 6) is -7.28. The number of Topliss-reactive ketones (excluding diaryl/α,β-unsaturated/α-hetero) is 2. The van der Waals surface area contributed by atoms with Crippen LogP contribution in [0.3, 0.4) is 0 Å². The predicted octanol–water partition coefficient (Wildman–Crippen LogP) is 5.88. The summed E-state index contributed by atoms with van der Waals surface area (Å²) >= 11 is 0. The molecule has 2 fully saturated rings. The van der Waals surface area contributed by atoms with E-state index in [1.165, 1.54) is 39.8 Å². The number of ketones is 2. The molecule has 18 atom stereocenters. The monoisotopic (exact) mass is 791 g/mol. The highest BCUT2D eigenvalue weighted by molar-refractivity contribution is 5.91. The Hall–Kier alpha value is -2.25. The number of aliphatic hydroxyl groups excluding tert-OH is 4. The minimum Gasteiger partial charge on any atom is -0.458 e. The summed E-state index contributed by atoms with van der Waals surface area (Å²) in [4.78, 5) is 40.5. The highest BCUT2D eigenvalue weighted by Gasteiger charge is 2.56. The fourth-order valence-electron chi connectivity index (χ4n) is 9.01. The molecule has 3 rings (SSSR count). The van der Waals surface area contributed by atoms with E-state index >= 15 is 0 Å². The van der Waals surface area contributed by atoms with Crippen LogP contribution >= 0.6 is 0 Å². The first-order valence-electron chi connectivity index (χ1n) is 21.2. The van der Waals surface area contributed by atoms with Crippen LogP contribution in [0.5, 0.6) is 0 Å². The molecule has 3 heterocycles. The van der Waals surface area contributed by atoms with Crippen molar-refractivity contribution in [3.63, 3.8) is 0 Å². The van der Waals surface area contributed by atoms with Gasteiger partial charge in [0.05, 0.1) is 36.6 Å². The number of ether oxygens (including phenoxy) is 3. The average Bonchev–Trinajstić information content (AvgIpc) is 3.16. The van der Waals surface area contributed by atoms with Crippen LogP contribution in [-0.2, 0) is 28.6 Å². The Labute approximate surface area is 336 Å². The largest absolute Gasteiger partial charge is 0.458 e. The number of esters is 1. The van der Waals surface area contributed by atoms with Gasteiger partial charge in [0, 0.05) is 48.0 Å². The quantitative estimate of drug-likeness (QED) is 0.216. The van der Waals surface area contributed by atoms with Crippen LogP contribution < -0.4 is 0 Å². The van der Waals surface area contributed by atoms with Crippen molar-refractivity contribution in [1.82, 2.24) is 0 Å². The van der Waals surface area contributed by atoms with Crippen LogP contribution in [0.15, 0.2) is 36.5 Å². The summed E-state index contributed by atoms with van der Waals surface area (Å²) < 4.78 is 20.0. The second kappa shape index (κ2) is 20.6. The molecule has 11 nitrogen and oxygen atoms in total. The zero-order valence-electron chi connectivity index (χ0n) is 35.8. The molecule has 2 bridgehead atoms. The maximum absolute atomic E-state index is 13.5. The van der Waals surface area contributed by atoms with Crippen molar-refractivity contribution >= 4 is 17.5 Å². The molecule has 1 spiro atoms. The lowest BCUT2D eigenvalue weighted by Crippen LogP contribution is -2.62. The fourth-order valence-corrected chi connectivity index (χ4v) is 9.01. The van der Waals surface area contributed by atoms with E-state index < -0.39 is 89.0 Å². The Balaban J connectivity index is 1.99. The molecule has 56 heavy (non-hydrogen) atoms. The van der Waals surface area contributed by atoms with Gasteiger partial charge in [-0.25, -0.2) is 4.79 Å². The summed E-state index contributed by atoms with van der Waals surface area (Å²) in [5.41, 5.74) is -2.18. The molecule has 11 heteroatoms. The number of carbonyl (C=O) groups excluding carboxylic acids is 3. The summed E-state index contributed by atoms with van der Waals surface area (Å²) in [5, 5.41) is 55.0. The highest BCUT2D eigenvalue weighted by atomic mass is 16.7. The van der Waals surface area contributed by atoms with E-state index in [1.54, 1.807) is 20.8 Å². The molecule has 5 N–H and O–H groups in total. The zero-order chi connectivity index (χ0) is 42.3. The lowest BCUT2D eigenvalue weighted by Gasteiger charge is -2.55. The van der Waals surface area contributed by atoms with Gasteiger partial charge in [-0.3, -0.25) is 9.59 Å². The summed E-state index contributed by atoms with van der Waals surface area (Å²) in [6, 6.07) is 0. The maximum Gasteiger partial charge on any atom is 0.330 e. The first-order valence-corrected chi connectivity index (χ1v) is 21.2. The molecular weight excluding hydrogens is 716 g/mol. The van der Waals surface area contributed by atoms with Crippen molar-refractivity contribution in [2.75, 3.05) is 0 Å². The highest BCUT2D eigenvalue weighted by Crippen LogP contribution is 2.49. The Bertz CT molecular complexity index is 1390. The van der Waals surface area contributed by atoms with Crippen LogP contribution in [0.1, 0.15) is 121 Å². The van der Waals surface area contributed by atoms with Crippen molar-refractivity contribution < 1.29 is 54.1 Å². The smallest absolute Gasteiger partial charge is 0.330 e. The summed E-state index contributed by atoms with van der Waals surface area (Å²) in [6.07, 6.45) is 9.62. The second-order valence-electron chi connectivity index (χ2n) is 18.0. The Morgan fingerprint density at radius 3 is 2.11 bits per heavy atom. The van der Waals surface area contributed by atoms with E-state index in [0.717, 1.165) is 19.3 Å². The molecule has 3 aliphatic heterocycles. The van der Waals surface area contributed by atoms with Gasteiger partial charge >= 0.3 is 5.97 Å². The number of carbonyl (C=O) groups is 3. The van der Waals surface area contributed by atoms with Crippen LogP contribution in [-0.4, -0.2) is 97.2 Å². The predicted molar refractivity (Wildman–Crippen MR) is 215 cm³/mol. The Morgan fingerprint density at radius 2 is 1.48 bits per heavy atom. The van der Waals surface area contributed by atoms with Gasteiger partial charge in [0.15, 0.2) is 11.6 Å². The lowest BCUT2D eigenvalue weighted by molar-refractivity contribution is -0.371. The minimum atomic E-state index is -2.18. The molecule has 0 aromatic heterocycles. The van der Waals surface area contributed by atoms with Gasteiger partial charge < -0.3 is 39.7 Å². The van der Waals surface area contributed by atoms with E-state index in [-0.39, 0.29) is 35.9 Å². The zero-order valence-corrected chi connectivity index (χ0v) is 35.8. The third kappa shape index (κ3) is 11.5. The van der Waals surface area contributed by atoms with Gasteiger partial charge in [-0.1, -0.05) is 92.7 Å². The summed E-state index contributed by atoms with van der Waals surface area (Å²) in [7, 11) is 0. The number of allylic oxidation sites excluding steroid dienone is 4. The van der Waals surface area contributed by atoms with Crippen molar-refractivity contribution in [3.05, 3.63) is 36.5 Å². The van der Waals surface area contributed by atoms with E-state index in [1.807, 2.05) is 32.1 Å². The van der Waals surface area contributed by atoms with Crippen LogP contribution in [0.25, 0.3) is 0 Å². The molecule has 0 aromatic rings. The molecule has 2 saturated heterocycles. The van der Waals surface area contributed by atoms with E-state index in [0.29, 0.717) is 25.7 Å². The molecule has 0 saturated carbocycles. The lowest BCUT2D eigenvalue weighted by atomic mass is 9.74. The molecule has 3 aliphatic rings. The number of rotatable bonds is 3. The van der Waals surface area contributed by atoms with Crippen LogP contribution in [0.4, 0.5) is 0 Å². The first kappa shape index (κ1) is 48.1. The number of hydrogen-bond donors (Lipinski definition) is 5. The van der Waals surface area contributed by atoms with Crippen molar-refractivity contribution in [2.24, 2.45) is 53.3 Å². The van der Waals surface area contributed by atoms with Gasteiger partial charge in [0.1, 0.15) is 17.5 Å². The number of aliphatic hydroxyl groups is 5. The van der Waals surface area contributed by atoms with E-state index in [9.17, 15) is 39.9 Å². The fraction of sp³-hybridized carbons (Fsp3) is 0.800. The van der Waals surface area contributed by atoms with Gasteiger partial charge in [-0.2, -0.15) is 0 Å². The second-order valence-corrected chi connectivity index (χ2v) is 18.0. The normalized spacial score (nSPS) is 46.8. The Morgan fingerprint density at radius 1 is 0.839 bits per heavy atom. The first-order chi connectivity index (χ1) is 26.1. The van der Waals surface area contributed by atoms with Crippen molar-refractivity contribution in [1.29, 1.82) is 0 Å². The van der Waals surface area contributed by atoms with Crippen LogP contribution in [0.2, 0.25) is 0 Å². The van der Waals surface area contributed by atoms with E-state index in [2.05, 4.69) is 19.9 Å². The number of fused-ring (bicyclic) bond motifs is 2. The average molecular weight is 791 g/mol. The molecule has 0 aromatic carbocycles. The minimum absolute atomic E-state index is 0.168. The van der Waals surface area contributed by atoms with E-state index in [4.69, 9.17) is 14.2 Å². The molecule has 0 aliphatic carbocycles. The molecule has 0 radical (unpaired) electrons. The van der Waals surface area contributed by atoms with Gasteiger partial charge in [-0.05, 0) is 70.1 Å². The summed E-state index contributed by atoms with van der Waals surface area (Å²) in [6.45, 7) is 19.1. The maximum atomic E-state index is 13.5. The van der Waals surface area contributed by atoms with Gasteiger partial charge in [-0.15, -0.1) is 0 Å². The van der Waals surface area contributed by atoms with Gasteiger partial charge in [0.2, 0.25) is 0 Å². The third-order valence-corrected chi connectivity index (χ3v) is 13.4. The topological polar surface area (TPSA) is 180 Å². The molecule has 0 unspecified atom stereocenters. The standard InChI is InChI=1S/C45H74O11/c1-12-34-17-15-13-14-16-27(4)42(51)44(11,53)43(52)32(9)40(50)31(8)39(49)30(7)38(48)26(3)18-21-37(47)54-41-29(6)35(20-19-34)55-45(33(41)10)23-22-25(2)36(56-45)24-28(5)46/h13-15,17-18,21,25-36,38,40-42,46,48,50-51,53H,12,16,19-20,22-24H2,1-11H3/b14-13-,17-15-,21-18-/t25-,26+,27-,28+,29+,30-,31+,32+,33+,34-,35+,36+,38-,40+,41-,42-,44+,45+/m0/s1. The number of hydrogen-bond acceptors (Lipinski definition) is 11. The van der Waals surface area contributed by atoms with Crippen LogP contribution in [0, 0.1) is 53.3 Å². The molecule has 320 valence electrons. The van der Waals surface area contributed by atoms with Gasteiger partial charge in [0.25, 0.3) is 0 Å².